The van der Waals surface area contributed by atoms with Gasteiger partial charge in [-0.1, -0.05) is 18.5 Å². The topological polar surface area (TPSA) is 38.3 Å². The third-order valence-electron chi connectivity index (χ3n) is 2.28. The largest absolute Gasteiger partial charge is 0.496 e. The second-order valence-corrected chi connectivity index (χ2v) is 4.56. The maximum atomic E-state index is 11.9. The van der Waals surface area contributed by atoms with Gasteiger partial charge in [-0.3, -0.25) is 4.79 Å². The first-order valence-electron chi connectivity index (χ1n) is 5.26. The normalized spacial score (nSPS) is 12.0. The Balaban J connectivity index is 2.77. The number of hydrogen-bond donors (Lipinski definition) is 1. The van der Waals surface area contributed by atoms with Crippen molar-refractivity contribution in [3.05, 3.63) is 28.8 Å². The number of carbonyl (C=O) groups excluding carboxylic acids is 1. The van der Waals surface area contributed by atoms with Crippen molar-refractivity contribution in [3.8, 4) is 5.75 Å². The lowest BCUT2D eigenvalue weighted by Gasteiger charge is -2.12. The van der Waals surface area contributed by atoms with Crippen LogP contribution in [-0.4, -0.2) is 25.4 Å². The third-order valence-corrected chi connectivity index (χ3v) is 3.04. The summed E-state index contributed by atoms with van der Waals surface area (Å²) in [5.74, 6) is 1.03. The Labute approximate surface area is 111 Å². The van der Waals surface area contributed by atoms with E-state index in [9.17, 15) is 4.79 Å². The molecule has 0 heterocycles. The summed E-state index contributed by atoms with van der Waals surface area (Å²) in [5, 5.41) is 3.29. The second kappa shape index (κ2) is 6.72. The monoisotopic (exact) mass is 275 g/mol. The lowest BCUT2D eigenvalue weighted by molar-refractivity contribution is 0.0946. The molecule has 1 N–H and O–H groups in total. The molecule has 94 valence electrons. The van der Waals surface area contributed by atoms with Crippen LogP contribution in [0, 0.1) is 5.92 Å². The number of methoxy groups -OCH3 is 1. The van der Waals surface area contributed by atoms with E-state index < -0.39 is 0 Å². The summed E-state index contributed by atoms with van der Waals surface area (Å²) in [5.41, 5.74) is 0.432. The predicted octanol–water partition coefficient (Wildman–Crippen LogP) is 2.95. The van der Waals surface area contributed by atoms with Gasteiger partial charge in [-0.2, -0.15) is 0 Å². The number of amides is 1. The second-order valence-electron chi connectivity index (χ2n) is 3.81. The summed E-state index contributed by atoms with van der Waals surface area (Å²) in [6.07, 6.45) is 0. The van der Waals surface area contributed by atoms with Gasteiger partial charge in [-0.05, 0) is 24.1 Å². The Morgan fingerprint density at radius 2 is 2.24 bits per heavy atom. The van der Waals surface area contributed by atoms with Gasteiger partial charge in [0, 0.05) is 17.4 Å². The third kappa shape index (κ3) is 4.10. The van der Waals surface area contributed by atoms with Gasteiger partial charge in [-0.25, -0.2) is 0 Å². The van der Waals surface area contributed by atoms with Crippen molar-refractivity contribution < 1.29 is 9.53 Å². The molecule has 0 saturated carbocycles. The molecule has 0 aliphatic carbocycles. The fourth-order valence-corrected chi connectivity index (χ4v) is 1.56. The zero-order chi connectivity index (χ0) is 12.8. The molecule has 0 radical (unpaired) electrons. The van der Waals surface area contributed by atoms with Crippen LogP contribution in [0.25, 0.3) is 0 Å². The van der Waals surface area contributed by atoms with Gasteiger partial charge in [0.25, 0.3) is 5.91 Å². The molecule has 17 heavy (non-hydrogen) atoms. The van der Waals surface area contributed by atoms with Crippen LogP contribution in [0.4, 0.5) is 0 Å². The van der Waals surface area contributed by atoms with Crippen molar-refractivity contribution in [2.45, 2.75) is 6.92 Å². The van der Waals surface area contributed by atoms with E-state index in [-0.39, 0.29) is 11.8 Å². The minimum absolute atomic E-state index is 0.207. The van der Waals surface area contributed by atoms with Gasteiger partial charge in [0.2, 0.25) is 0 Å². The van der Waals surface area contributed by atoms with Crippen molar-refractivity contribution in [2.24, 2.45) is 5.92 Å². The van der Waals surface area contributed by atoms with E-state index in [4.69, 9.17) is 27.9 Å². The van der Waals surface area contributed by atoms with E-state index in [1.54, 1.807) is 18.2 Å². The zero-order valence-electron chi connectivity index (χ0n) is 9.80. The standard InChI is InChI=1S/C12H15Cl2NO2/c1-8(6-13)7-15-12(16)10-5-9(14)3-4-11(10)17-2/h3-5,8H,6-7H2,1-2H3,(H,15,16). The lowest BCUT2D eigenvalue weighted by atomic mass is 10.1. The van der Waals surface area contributed by atoms with Crippen LogP contribution < -0.4 is 10.1 Å². The molecule has 0 saturated heterocycles. The molecule has 0 fully saturated rings. The zero-order valence-corrected chi connectivity index (χ0v) is 11.3. The Morgan fingerprint density at radius 1 is 1.53 bits per heavy atom. The van der Waals surface area contributed by atoms with Crippen LogP contribution in [0.15, 0.2) is 18.2 Å². The highest BCUT2D eigenvalue weighted by molar-refractivity contribution is 6.31. The minimum atomic E-state index is -0.207. The van der Waals surface area contributed by atoms with Gasteiger partial charge < -0.3 is 10.1 Å². The van der Waals surface area contributed by atoms with Crippen LogP contribution in [-0.2, 0) is 0 Å². The molecular formula is C12H15Cl2NO2. The average molecular weight is 276 g/mol. The first-order chi connectivity index (χ1) is 8.08. The van der Waals surface area contributed by atoms with Crippen LogP contribution in [0.2, 0.25) is 5.02 Å². The molecule has 0 spiro atoms. The van der Waals surface area contributed by atoms with Crippen LogP contribution >= 0.6 is 23.2 Å². The number of hydrogen-bond acceptors (Lipinski definition) is 2. The average Bonchev–Trinajstić information content (AvgIpc) is 2.35. The summed E-state index contributed by atoms with van der Waals surface area (Å²) in [4.78, 5) is 11.9. The van der Waals surface area contributed by atoms with E-state index >= 15 is 0 Å². The summed E-state index contributed by atoms with van der Waals surface area (Å²) in [6.45, 7) is 2.49. The van der Waals surface area contributed by atoms with Crippen molar-refractivity contribution in [3.63, 3.8) is 0 Å². The van der Waals surface area contributed by atoms with Crippen molar-refractivity contribution in [1.29, 1.82) is 0 Å². The Bertz CT molecular complexity index is 396. The number of halogens is 2. The quantitative estimate of drug-likeness (QED) is 0.840. The van der Waals surface area contributed by atoms with Crippen molar-refractivity contribution >= 4 is 29.1 Å². The van der Waals surface area contributed by atoms with E-state index in [0.29, 0.717) is 28.8 Å². The lowest BCUT2D eigenvalue weighted by Crippen LogP contribution is -2.29. The fraction of sp³-hybridized carbons (Fsp3) is 0.417. The minimum Gasteiger partial charge on any atom is -0.496 e. The Kier molecular flexibility index (Phi) is 5.59. The van der Waals surface area contributed by atoms with E-state index in [2.05, 4.69) is 5.32 Å². The van der Waals surface area contributed by atoms with Crippen molar-refractivity contribution in [1.82, 2.24) is 5.32 Å². The highest BCUT2D eigenvalue weighted by atomic mass is 35.5. The molecule has 1 atom stereocenters. The van der Waals surface area contributed by atoms with Gasteiger partial charge in [0.05, 0.1) is 12.7 Å². The Morgan fingerprint density at radius 3 is 2.82 bits per heavy atom. The summed E-state index contributed by atoms with van der Waals surface area (Å²) >= 11 is 11.5. The maximum Gasteiger partial charge on any atom is 0.255 e. The first kappa shape index (κ1) is 14.1. The van der Waals surface area contributed by atoms with E-state index in [0.717, 1.165) is 0 Å². The van der Waals surface area contributed by atoms with Crippen molar-refractivity contribution in [2.75, 3.05) is 19.5 Å². The molecule has 1 aromatic carbocycles. The SMILES string of the molecule is COc1ccc(Cl)cc1C(=O)NCC(C)CCl. The number of carbonyl (C=O) groups is 1. The predicted molar refractivity (Wildman–Crippen MR) is 70.2 cm³/mol. The Hall–Kier alpha value is -0.930. The molecule has 1 rings (SSSR count). The highest BCUT2D eigenvalue weighted by Gasteiger charge is 2.13. The molecule has 0 aliphatic rings. The van der Waals surface area contributed by atoms with E-state index in [1.807, 2.05) is 6.92 Å². The fourth-order valence-electron chi connectivity index (χ4n) is 1.27. The molecule has 0 bridgehead atoms. The first-order valence-corrected chi connectivity index (χ1v) is 6.17. The van der Waals surface area contributed by atoms with Gasteiger partial charge >= 0.3 is 0 Å². The molecule has 1 amide bonds. The summed E-state index contributed by atoms with van der Waals surface area (Å²) in [7, 11) is 1.52. The molecule has 1 aromatic rings. The number of nitrogens with one attached hydrogen (secondary N) is 1. The summed E-state index contributed by atoms with van der Waals surface area (Å²) in [6, 6.07) is 4.93. The molecule has 5 heteroatoms. The number of benzene rings is 1. The van der Waals surface area contributed by atoms with Crippen LogP contribution in [0.1, 0.15) is 17.3 Å². The smallest absolute Gasteiger partial charge is 0.255 e. The molecule has 0 aromatic heterocycles. The highest BCUT2D eigenvalue weighted by Crippen LogP contribution is 2.22. The van der Waals surface area contributed by atoms with Crippen LogP contribution in [0.5, 0.6) is 5.75 Å². The number of ether oxygens (including phenoxy) is 1. The van der Waals surface area contributed by atoms with Gasteiger partial charge in [-0.15, -0.1) is 11.6 Å². The molecule has 0 aliphatic heterocycles. The number of rotatable bonds is 5. The molecule has 1 unspecified atom stereocenters. The molecular weight excluding hydrogens is 261 g/mol. The summed E-state index contributed by atoms with van der Waals surface area (Å²) < 4.78 is 5.11. The van der Waals surface area contributed by atoms with Crippen LogP contribution in [0.3, 0.4) is 0 Å². The van der Waals surface area contributed by atoms with E-state index in [1.165, 1.54) is 7.11 Å². The van der Waals surface area contributed by atoms with Gasteiger partial charge in [0.15, 0.2) is 0 Å². The number of alkyl halides is 1. The maximum absolute atomic E-state index is 11.9. The van der Waals surface area contributed by atoms with Gasteiger partial charge in [0.1, 0.15) is 5.75 Å². The molecule has 3 nitrogen and oxygen atoms in total.